The zero-order chi connectivity index (χ0) is 15.2. The number of ketones is 1. The first kappa shape index (κ1) is 14.8. The number of benzene rings is 2. The van der Waals surface area contributed by atoms with Gasteiger partial charge in [0.05, 0.1) is 0 Å². The molecule has 0 N–H and O–H groups in total. The third-order valence-electron chi connectivity index (χ3n) is 3.98. The van der Waals surface area contributed by atoms with Crippen molar-refractivity contribution in [2.75, 3.05) is 13.2 Å². The molecule has 3 nitrogen and oxygen atoms in total. The van der Waals surface area contributed by atoms with E-state index in [1.165, 1.54) is 0 Å². The molecule has 0 aromatic heterocycles. The lowest BCUT2D eigenvalue weighted by Crippen LogP contribution is -2.23. The average molecular weight is 296 g/mol. The Morgan fingerprint density at radius 3 is 2.36 bits per heavy atom. The van der Waals surface area contributed by atoms with Crippen molar-refractivity contribution < 1.29 is 14.3 Å². The molecule has 0 amide bonds. The van der Waals surface area contributed by atoms with E-state index in [0.717, 1.165) is 29.7 Å². The largest absolute Gasteiger partial charge is 0.489 e. The molecule has 0 atom stereocenters. The Morgan fingerprint density at radius 1 is 1.00 bits per heavy atom. The SMILES string of the molecule is O=C(c1ccc(OCc2ccccc2)cc1)C1CCOCC1. The van der Waals surface area contributed by atoms with Gasteiger partial charge in [-0.25, -0.2) is 0 Å². The third-order valence-corrected chi connectivity index (χ3v) is 3.98. The summed E-state index contributed by atoms with van der Waals surface area (Å²) in [5.74, 6) is 1.11. The van der Waals surface area contributed by atoms with E-state index in [-0.39, 0.29) is 11.7 Å². The predicted octanol–water partition coefficient (Wildman–Crippen LogP) is 3.87. The summed E-state index contributed by atoms with van der Waals surface area (Å²) in [5.41, 5.74) is 1.89. The summed E-state index contributed by atoms with van der Waals surface area (Å²) in [7, 11) is 0. The van der Waals surface area contributed by atoms with Crippen LogP contribution in [-0.4, -0.2) is 19.0 Å². The summed E-state index contributed by atoms with van der Waals surface area (Å²) in [6.07, 6.45) is 1.65. The number of hydrogen-bond acceptors (Lipinski definition) is 3. The van der Waals surface area contributed by atoms with Gasteiger partial charge in [-0.3, -0.25) is 4.79 Å². The van der Waals surface area contributed by atoms with Gasteiger partial charge in [0.1, 0.15) is 12.4 Å². The minimum atomic E-state index is 0.102. The van der Waals surface area contributed by atoms with Gasteiger partial charge in [-0.1, -0.05) is 30.3 Å². The fourth-order valence-electron chi connectivity index (χ4n) is 2.65. The van der Waals surface area contributed by atoms with Crippen molar-refractivity contribution in [1.29, 1.82) is 0 Å². The lowest BCUT2D eigenvalue weighted by Gasteiger charge is -2.20. The Kier molecular flexibility index (Phi) is 4.86. The van der Waals surface area contributed by atoms with Crippen LogP contribution in [0.3, 0.4) is 0 Å². The number of carbonyl (C=O) groups excluding carboxylic acids is 1. The van der Waals surface area contributed by atoms with Crippen LogP contribution in [0.1, 0.15) is 28.8 Å². The monoisotopic (exact) mass is 296 g/mol. The summed E-state index contributed by atoms with van der Waals surface area (Å²) < 4.78 is 11.0. The Bertz CT molecular complexity index is 598. The highest BCUT2D eigenvalue weighted by Crippen LogP contribution is 2.22. The Labute approximate surface area is 130 Å². The van der Waals surface area contributed by atoms with Crippen molar-refractivity contribution >= 4 is 5.78 Å². The molecule has 1 fully saturated rings. The van der Waals surface area contributed by atoms with E-state index in [0.29, 0.717) is 19.8 Å². The molecule has 0 spiro atoms. The molecular weight excluding hydrogens is 276 g/mol. The van der Waals surface area contributed by atoms with E-state index >= 15 is 0 Å². The molecule has 0 radical (unpaired) electrons. The molecule has 1 aliphatic rings. The van der Waals surface area contributed by atoms with Crippen molar-refractivity contribution in [1.82, 2.24) is 0 Å². The first-order valence-electron chi connectivity index (χ1n) is 7.72. The van der Waals surface area contributed by atoms with Crippen LogP contribution in [0.4, 0.5) is 0 Å². The molecule has 3 rings (SSSR count). The van der Waals surface area contributed by atoms with Crippen LogP contribution in [0.2, 0.25) is 0 Å². The van der Waals surface area contributed by atoms with Crippen LogP contribution in [0.5, 0.6) is 5.75 Å². The normalized spacial score (nSPS) is 15.5. The van der Waals surface area contributed by atoms with Crippen molar-refractivity contribution in [2.45, 2.75) is 19.4 Å². The van der Waals surface area contributed by atoms with Crippen LogP contribution in [-0.2, 0) is 11.3 Å². The van der Waals surface area contributed by atoms with Gasteiger partial charge in [0.2, 0.25) is 0 Å². The quantitative estimate of drug-likeness (QED) is 0.786. The number of Topliss-reactive ketones (excluding diaryl/α,β-unsaturated/α-hetero) is 1. The second-order valence-electron chi connectivity index (χ2n) is 5.55. The Morgan fingerprint density at radius 2 is 1.68 bits per heavy atom. The Hall–Kier alpha value is -2.13. The van der Waals surface area contributed by atoms with Gasteiger partial charge in [0.25, 0.3) is 0 Å². The summed E-state index contributed by atoms with van der Waals surface area (Å²) >= 11 is 0. The predicted molar refractivity (Wildman–Crippen MR) is 85.1 cm³/mol. The van der Waals surface area contributed by atoms with Crippen LogP contribution < -0.4 is 4.74 Å². The average Bonchev–Trinajstić information content (AvgIpc) is 2.61. The molecule has 22 heavy (non-hydrogen) atoms. The fraction of sp³-hybridized carbons (Fsp3) is 0.316. The maximum Gasteiger partial charge on any atom is 0.166 e. The number of carbonyl (C=O) groups is 1. The van der Waals surface area contributed by atoms with Gasteiger partial charge in [0, 0.05) is 24.7 Å². The molecule has 3 heteroatoms. The maximum absolute atomic E-state index is 12.4. The second kappa shape index (κ2) is 7.23. The summed E-state index contributed by atoms with van der Waals surface area (Å²) in [5, 5.41) is 0. The molecule has 1 saturated heterocycles. The number of hydrogen-bond donors (Lipinski definition) is 0. The molecule has 0 bridgehead atoms. The van der Waals surface area contributed by atoms with Crippen molar-refractivity contribution in [2.24, 2.45) is 5.92 Å². The van der Waals surface area contributed by atoms with Gasteiger partial charge >= 0.3 is 0 Å². The third kappa shape index (κ3) is 3.74. The smallest absolute Gasteiger partial charge is 0.166 e. The zero-order valence-electron chi connectivity index (χ0n) is 12.5. The van der Waals surface area contributed by atoms with Crippen molar-refractivity contribution in [3.8, 4) is 5.75 Å². The Balaban J connectivity index is 1.59. The topological polar surface area (TPSA) is 35.5 Å². The number of ether oxygens (including phenoxy) is 2. The van der Waals surface area contributed by atoms with Crippen molar-refractivity contribution in [3.05, 3.63) is 65.7 Å². The van der Waals surface area contributed by atoms with Crippen LogP contribution in [0, 0.1) is 5.92 Å². The highest BCUT2D eigenvalue weighted by Gasteiger charge is 2.22. The molecule has 114 valence electrons. The maximum atomic E-state index is 12.4. The lowest BCUT2D eigenvalue weighted by molar-refractivity contribution is 0.0545. The summed E-state index contributed by atoms with van der Waals surface area (Å²) in [4.78, 5) is 12.4. The lowest BCUT2D eigenvalue weighted by atomic mass is 9.91. The highest BCUT2D eigenvalue weighted by molar-refractivity contribution is 5.98. The molecule has 0 unspecified atom stereocenters. The van der Waals surface area contributed by atoms with E-state index in [4.69, 9.17) is 9.47 Å². The van der Waals surface area contributed by atoms with E-state index in [1.54, 1.807) is 0 Å². The first-order chi connectivity index (χ1) is 10.8. The van der Waals surface area contributed by atoms with E-state index < -0.39 is 0 Å². The zero-order valence-corrected chi connectivity index (χ0v) is 12.5. The molecular formula is C19H20O3. The van der Waals surface area contributed by atoms with Crippen LogP contribution in [0.15, 0.2) is 54.6 Å². The van der Waals surface area contributed by atoms with E-state index in [9.17, 15) is 4.79 Å². The fourth-order valence-corrected chi connectivity index (χ4v) is 2.65. The molecule has 1 heterocycles. The van der Waals surface area contributed by atoms with Gasteiger partial charge in [-0.05, 0) is 42.7 Å². The van der Waals surface area contributed by atoms with E-state index in [1.807, 2.05) is 54.6 Å². The number of rotatable bonds is 5. The first-order valence-corrected chi connectivity index (χ1v) is 7.72. The molecule has 0 saturated carbocycles. The van der Waals surface area contributed by atoms with Gasteiger partial charge in [-0.2, -0.15) is 0 Å². The summed E-state index contributed by atoms with van der Waals surface area (Å²) in [6, 6.07) is 17.5. The van der Waals surface area contributed by atoms with E-state index in [2.05, 4.69) is 0 Å². The second-order valence-corrected chi connectivity index (χ2v) is 5.55. The van der Waals surface area contributed by atoms with Gasteiger partial charge < -0.3 is 9.47 Å². The minimum absolute atomic E-state index is 0.102. The molecule has 2 aromatic rings. The minimum Gasteiger partial charge on any atom is -0.489 e. The van der Waals surface area contributed by atoms with Crippen LogP contribution in [0.25, 0.3) is 0 Å². The highest BCUT2D eigenvalue weighted by atomic mass is 16.5. The van der Waals surface area contributed by atoms with Crippen molar-refractivity contribution in [3.63, 3.8) is 0 Å². The van der Waals surface area contributed by atoms with Gasteiger partial charge in [-0.15, -0.1) is 0 Å². The van der Waals surface area contributed by atoms with Crippen LogP contribution >= 0.6 is 0 Å². The molecule has 2 aromatic carbocycles. The summed E-state index contributed by atoms with van der Waals surface area (Å²) in [6.45, 7) is 1.91. The van der Waals surface area contributed by atoms with Gasteiger partial charge in [0.15, 0.2) is 5.78 Å². The molecule has 1 aliphatic heterocycles. The molecule has 0 aliphatic carbocycles. The standard InChI is InChI=1S/C19H20O3/c20-19(17-10-12-21-13-11-17)16-6-8-18(9-7-16)22-14-15-4-2-1-3-5-15/h1-9,17H,10-14H2.